The minimum absolute atomic E-state index is 0.0360. The van der Waals surface area contributed by atoms with Crippen LogP contribution >= 0.6 is 11.6 Å². The third-order valence-corrected chi connectivity index (χ3v) is 2.41. The van der Waals surface area contributed by atoms with Crippen LogP contribution in [0.25, 0.3) is 0 Å². The SMILES string of the molecule is Oc1cc(O)cc(OCc2cccc(Cl)c2)c1. The normalized spacial score (nSPS) is 10.2. The van der Waals surface area contributed by atoms with Crippen molar-refractivity contribution in [2.45, 2.75) is 6.61 Å². The molecule has 0 aromatic heterocycles. The monoisotopic (exact) mass is 250 g/mol. The zero-order valence-electron chi connectivity index (χ0n) is 8.93. The fourth-order valence-electron chi connectivity index (χ4n) is 1.44. The molecule has 0 bridgehead atoms. The number of phenolic OH excluding ortho intramolecular Hbond substituents is 2. The van der Waals surface area contributed by atoms with E-state index in [1.165, 1.54) is 18.2 Å². The zero-order chi connectivity index (χ0) is 12.3. The molecule has 0 spiro atoms. The van der Waals surface area contributed by atoms with Crippen molar-refractivity contribution in [2.24, 2.45) is 0 Å². The lowest BCUT2D eigenvalue weighted by Gasteiger charge is -2.07. The molecule has 0 heterocycles. The van der Waals surface area contributed by atoms with Crippen LogP contribution < -0.4 is 4.74 Å². The summed E-state index contributed by atoms with van der Waals surface area (Å²) in [5.74, 6) is 0.333. The summed E-state index contributed by atoms with van der Waals surface area (Å²) >= 11 is 5.84. The molecule has 0 aliphatic heterocycles. The summed E-state index contributed by atoms with van der Waals surface area (Å²) in [6.07, 6.45) is 0. The number of halogens is 1. The van der Waals surface area contributed by atoms with Gasteiger partial charge in [0.25, 0.3) is 0 Å². The van der Waals surface area contributed by atoms with E-state index >= 15 is 0 Å². The standard InChI is InChI=1S/C13H11ClO3/c14-10-3-1-2-9(4-10)8-17-13-6-11(15)5-12(16)7-13/h1-7,15-16H,8H2. The van der Waals surface area contributed by atoms with Crippen molar-refractivity contribution in [3.63, 3.8) is 0 Å². The predicted octanol–water partition coefficient (Wildman–Crippen LogP) is 3.33. The van der Waals surface area contributed by atoms with Crippen molar-refractivity contribution in [3.8, 4) is 17.2 Å². The van der Waals surface area contributed by atoms with Crippen LogP contribution in [0.15, 0.2) is 42.5 Å². The van der Waals surface area contributed by atoms with Crippen LogP contribution in [0.2, 0.25) is 5.02 Å². The van der Waals surface area contributed by atoms with Crippen molar-refractivity contribution in [3.05, 3.63) is 53.1 Å². The summed E-state index contributed by atoms with van der Waals surface area (Å²) in [5.41, 5.74) is 0.917. The molecular formula is C13H11ClO3. The number of benzene rings is 2. The maximum Gasteiger partial charge on any atom is 0.127 e. The van der Waals surface area contributed by atoms with E-state index in [2.05, 4.69) is 0 Å². The zero-order valence-corrected chi connectivity index (χ0v) is 9.69. The number of phenols is 2. The molecule has 0 unspecified atom stereocenters. The number of hydrogen-bond donors (Lipinski definition) is 2. The Morgan fingerprint density at radius 3 is 2.35 bits per heavy atom. The fourth-order valence-corrected chi connectivity index (χ4v) is 1.66. The quantitative estimate of drug-likeness (QED) is 0.879. The Balaban J connectivity index is 2.07. The Morgan fingerprint density at radius 2 is 1.71 bits per heavy atom. The van der Waals surface area contributed by atoms with E-state index in [0.717, 1.165) is 5.56 Å². The van der Waals surface area contributed by atoms with E-state index in [9.17, 15) is 10.2 Å². The lowest BCUT2D eigenvalue weighted by atomic mass is 10.2. The fraction of sp³-hybridized carbons (Fsp3) is 0.0769. The Morgan fingerprint density at radius 1 is 1.00 bits per heavy atom. The topological polar surface area (TPSA) is 49.7 Å². The molecule has 0 saturated carbocycles. The lowest BCUT2D eigenvalue weighted by molar-refractivity contribution is 0.302. The van der Waals surface area contributed by atoms with Crippen LogP contribution in [-0.4, -0.2) is 10.2 Å². The average Bonchev–Trinajstić information content (AvgIpc) is 2.25. The summed E-state index contributed by atoms with van der Waals surface area (Å²) in [6.45, 7) is 0.323. The average molecular weight is 251 g/mol. The molecular weight excluding hydrogens is 240 g/mol. The van der Waals surface area contributed by atoms with Crippen LogP contribution in [0.5, 0.6) is 17.2 Å². The van der Waals surface area contributed by atoms with E-state index < -0.39 is 0 Å². The van der Waals surface area contributed by atoms with Gasteiger partial charge in [0.15, 0.2) is 0 Å². The highest BCUT2D eigenvalue weighted by Gasteiger charge is 2.01. The molecule has 2 aromatic rings. The highest BCUT2D eigenvalue weighted by molar-refractivity contribution is 6.30. The van der Waals surface area contributed by atoms with Gasteiger partial charge in [-0.15, -0.1) is 0 Å². The second kappa shape index (κ2) is 4.97. The summed E-state index contributed by atoms with van der Waals surface area (Å²) in [4.78, 5) is 0. The Hall–Kier alpha value is -1.87. The first-order valence-corrected chi connectivity index (χ1v) is 5.41. The molecule has 3 nitrogen and oxygen atoms in total. The molecule has 0 radical (unpaired) electrons. The van der Waals surface area contributed by atoms with Gasteiger partial charge in [-0.1, -0.05) is 23.7 Å². The Labute approximate surface area is 104 Å². The van der Waals surface area contributed by atoms with Gasteiger partial charge < -0.3 is 14.9 Å². The molecule has 0 aliphatic rings. The second-order valence-electron chi connectivity index (χ2n) is 3.60. The van der Waals surface area contributed by atoms with Crippen LogP contribution in [0, 0.1) is 0 Å². The minimum Gasteiger partial charge on any atom is -0.508 e. The van der Waals surface area contributed by atoms with Crippen molar-refractivity contribution in [1.82, 2.24) is 0 Å². The van der Waals surface area contributed by atoms with Gasteiger partial charge in [0.05, 0.1) is 0 Å². The third kappa shape index (κ3) is 3.29. The van der Waals surface area contributed by atoms with Gasteiger partial charge in [-0.2, -0.15) is 0 Å². The smallest absolute Gasteiger partial charge is 0.127 e. The predicted molar refractivity (Wildman–Crippen MR) is 65.6 cm³/mol. The maximum atomic E-state index is 9.27. The molecule has 88 valence electrons. The number of rotatable bonds is 3. The number of hydrogen-bond acceptors (Lipinski definition) is 3. The Kier molecular flexibility index (Phi) is 3.40. The van der Waals surface area contributed by atoms with Gasteiger partial charge in [-0.3, -0.25) is 0 Å². The minimum atomic E-state index is -0.0360. The van der Waals surface area contributed by atoms with E-state index in [-0.39, 0.29) is 11.5 Å². The highest BCUT2D eigenvalue weighted by Crippen LogP contribution is 2.26. The maximum absolute atomic E-state index is 9.27. The first kappa shape index (κ1) is 11.6. The molecule has 4 heteroatoms. The van der Waals surface area contributed by atoms with Crippen molar-refractivity contribution in [1.29, 1.82) is 0 Å². The molecule has 0 aliphatic carbocycles. The molecule has 0 atom stereocenters. The van der Waals surface area contributed by atoms with Gasteiger partial charge in [0.2, 0.25) is 0 Å². The lowest BCUT2D eigenvalue weighted by Crippen LogP contribution is -1.94. The molecule has 2 aromatic carbocycles. The van der Waals surface area contributed by atoms with Gasteiger partial charge in [-0.05, 0) is 17.7 Å². The van der Waals surface area contributed by atoms with Crippen molar-refractivity contribution < 1.29 is 14.9 Å². The molecule has 0 fully saturated rings. The summed E-state index contributed by atoms with van der Waals surface area (Å²) in [6, 6.07) is 11.4. The first-order valence-electron chi connectivity index (χ1n) is 5.04. The summed E-state index contributed by atoms with van der Waals surface area (Å²) in [5, 5.41) is 19.2. The van der Waals surface area contributed by atoms with Gasteiger partial charge in [-0.25, -0.2) is 0 Å². The largest absolute Gasteiger partial charge is 0.508 e. The highest BCUT2D eigenvalue weighted by atomic mass is 35.5. The third-order valence-electron chi connectivity index (χ3n) is 2.17. The van der Waals surface area contributed by atoms with E-state index in [4.69, 9.17) is 16.3 Å². The van der Waals surface area contributed by atoms with Crippen LogP contribution in [0.4, 0.5) is 0 Å². The van der Waals surface area contributed by atoms with Crippen molar-refractivity contribution >= 4 is 11.6 Å². The molecule has 17 heavy (non-hydrogen) atoms. The van der Waals surface area contributed by atoms with Gasteiger partial charge in [0.1, 0.15) is 23.9 Å². The first-order chi connectivity index (χ1) is 8.13. The van der Waals surface area contributed by atoms with E-state index in [1.54, 1.807) is 12.1 Å². The molecule has 2 N–H and O–H groups in total. The number of ether oxygens (including phenoxy) is 1. The van der Waals surface area contributed by atoms with Gasteiger partial charge in [0, 0.05) is 23.2 Å². The van der Waals surface area contributed by atoms with E-state index in [1.807, 2.05) is 12.1 Å². The van der Waals surface area contributed by atoms with Crippen LogP contribution in [0.1, 0.15) is 5.56 Å². The molecule has 0 saturated heterocycles. The Bertz CT molecular complexity index is 506. The molecule has 0 amide bonds. The van der Waals surface area contributed by atoms with Crippen molar-refractivity contribution in [2.75, 3.05) is 0 Å². The van der Waals surface area contributed by atoms with Gasteiger partial charge >= 0.3 is 0 Å². The second-order valence-corrected chi connectivity index (χ2v) is 4.04. The van der Waals surface area contributed by atoms with E-state index in [0.29, 0.717) is 17.4 Å². The van der Waals surface area contributed by atoms with Crippen LogP contribution in [0.3, 0.4) is 0 Å². The van der Waals surface area contributed by atoms with Crippen LogP contribution in [-0.2, 0) is 6.61 Å². The molecule has 2 rings (SSSR count). The summed E-state index contributed by atoms with van der Waals surface area (Å²) in [7, 11) is 0. The summed E-state index contributed by atoms with van der Waals surface area (Å²) < 4.78 is 5.43. The number of aromatic hydroxyl groups is 2.